The van der Waals surface area contributed by atoms with Crippen molar-refractivity contribution in [3.8, 4) is 0 Å². The third-order valence-corrected chi connectivity index (χ3v) is 9.95. The molecule has 4 rings (SSSR count). The van der Waals surface area contributed by atoms with E-state index in [4.69, 9.17) is 4.74 Å². The van der Waals surface area contributed by atoms with Gasteiger partial charge in [-0.05, 0) is 32.1 Å². The Morgan fingerprint density at radius 3 is 2.30 bits per heavy atom. The second-order valence-corrected chi connectivity index (χ2v) is 11.0. The maximum absolute atomic E-state index is 15.0. The van der Waals surface area contributed by atoms with Crippen molar-refractivity contribution in [1.82, 2.24) is 9.57 Å². The Morgan fingerprint density at radius 1 is 0.889 bits per heavy atom. The third kappa shape index (κ3) is 4.04. The molecule has 2 atom stereocenters. The minimum Gasteiger partial charge on any atom is -0.378 e. The van der Waals surface area contributed by atoms with E-state index in [-0.39, 0.29) is 5.66 Å². The molecule has 3 aliphatic rings. The molecule has 0 amide bonds. The van der Waals surface area contributed by atoms with Crippen LogP contribution in [-0.2, 0) is 9.30 Å². The number of benzene rings is 1. The SMILES string of the molecule is O=P(c1ccccc1)(C1CCCC=C1N1CCOCC1)N1CCCCCC1. The van der Waals surface area contributed by atoms with Gasteiger partial charge in [0, 0.05) is 37.2 Å². The number of allylic oxidation sites excluding steroid dienone is 2. The zero-order chi connectivity index (χ0) is 18.5. The minimum atomic E-state index is -2.69. The first-order valence-electron chi connectivity index (χ1n) is 10.7. The molecule has 0 aromatic heterocycles. The van der Waals surface area contributed by atoms with Crippen LogP contribution in [0.15, 0.2) is 42.1 Å². The third-order valence-electron chi connectivity index (χ3n) is 6.30. The van der Waals surface area contributed by atoms with Gasteiger partial charge in [-0.15, -0.1) is 0 Å². The van der Waals surface area contributed by atoms with Crippen LogP contribution in [0.1, 0.15) is 44.9 Å². The number of rotatable bonds is 4. The Labute approximate surface area is 164 Å². The number of morpholine rings is 1. The van der Waals surface area contributed by atoms with Gasteiger partial charge in [0.1, 0.15) is 0 Å². The molecule has 0 bridgehead atoms. The lowest BCUT2D eigenvalue weighted by atomic mass is 10.0. The quantitative estimate of drug-likeness (QED) is 0.723. The van der Waals surface area contributed by atoms with Gasteiger partial charge < -0.3 is 14.2 Å². The minimum absolute atomic E-state index is 0.129. The molecule has 0 radical (unpaired) electrons. The van der Waals surface area contributed by atoms with Gasteiger partial charge in [-0.25, -0.2) is 4.67 Å². The van der Waals surface area contributed by atoms with Crippen LogP contribution in [0.4, 0.5) is 0 Å². The van der Waals surface area contributed by atoms with E-state index in [1.165, 1.54) is 31.4 Å². The molecule has 0 saturated carbocycles. The molecule has 2 heterocycles. The summed E-state index contributed by atoms with van der Waals surface area (Å²) in [5.41, 5.74) is 1.46. The molecule has 1 aromatic carbocycles. The predicted molar refractivity (Wildman–Crippen MR) is 112 cm³/mol. The highest BCUT2D eigenvalue weighted by Crippen LogP contribution is 2.59. The molecule has 27 heavy (non-hydrogen) atoms. The molecule has 4 nitrogen and oxygen atoms in total. The van der Waals surface area contributed by atoms with Crippen LogP contribution < -0.4 is 5.30 Å². The summed E-state index contributed by atoms with van der Waals surface area (Å²) in [4.78, 5) is 2.46. The molecule has 148 valence electrons. The standard InChI is InChI=1S/C22H33N2O2P/c25-27(20-10-4-3-5-11-20,24-14-8-1-2-9-15-24)22-13-7-6-12-21(22)23-16-18-26-19-17-23/h3-5,10-12,22H,1-2,6-9,13-19H2. The molecular weight excluding hydrogens is 355 g/mol. The van der Waals surface area contributed by atoms with Crippen molar-refractivity contribution in [2.45, 2.75) is 50.6 Å². The highest BCUT2D eigenvalue weighted by Gasteiger charge is 2.44. The summed E-state index contributed by atoms with van der Waals surface area (Å²) in [5, 5.41) is 1.05. The van der Waals surface area contributed by atoms with Crippen LogP contribution in [0, 0.1) is 0 Å². The van der Waals surface area contributed by atoms with Crippen molar-refractivity contribution in [3.63, 3.8) is 0 Å². The maximum atomic E-state index is 15.0. The summed E-state index contributed by atoms with van der Waals surface area (Å²) >= 11 is 0. The van der Waals surface area contributed by atoms with Crippen LogP contribution in [0.2, 0.25) is 0 Å². The molecule has 2 unspecified atom stereocenters. The second kappa shape index (κ2) is 8.94. The van der Waals surface area contributed by atoms with Gasteiger partial charge in [-0.2, -0.15) is 0 Å². The van der Waals surface area contributed by atoms with E-state index >= 15 is 0 Å². The van der Waals surface area contributed by atoms with Gasteiger partial charge in [0.25, 0.3) is 0 Å². The van der Waals surface area contributed by atoms with E-state index in [0.717, 1.165) is 64.0 Å². The Morgan fingerprint density at radius 2 is 1.59 bits per heavy atom. The van der Waals surface area contributed by atoms with E-state index in [0.29, 0.717) is 0 Å². The molecule has 2 saturated heterocycles. The van der Waals surface area contributed by atoms with Crippen molar-refractivity contribution in [1.29, 1.82) is 0 Å². The normalized spacial score (nSPS) is 27.5. The fourth-order valence-electron chi connectivity index (χ4n) is 4.89. The van der Waals surface area contributed by atoms with E-state index in [2.05, 4.69) is 39.9 Å². The Hall–Kier alpha value is -1.09. The van der Waals surface area contributed by atoms with Crippen molar-refractivity contribution in [3.05, 3.63) is 42.1 Å². The van der Waals surface area contributed by atoms with Crippen molar-refractivity contribution in [2.24, 2.45) is 0 Å². The molecule has 1 aliphatic carbocycles. The molecule has 0 spiro atoms. The highest BCUT2D eigenvalue weighted by atomic mass is 31.2. The van der Waals surface area contributed by atoms with Crippen LogP contribution in [0.3, 0.4) is 0 Å². The summed E-state index contributed by atoms with van der Waals surface area (Å²) in [7, 11) is -2.69. The summed E-state index contributed by atoms with van der Waals surface area (Å²) in [6.45, 7) is 5.36. The summed E-state index contributed by atoms with van der Waals surface area (Å²) in [5.74, 6) is 0. The predicted octanol–water partition coefficient (Wildman–Crippen LogP) is 4.23. The van der Waals surface area contributed by atoms with Crippen molar-refractivity contribution < 1.29 is 9.30 Å². The Balaban J connectivity index is 1.73. The van der Waals surface area contributed by atoms with E-state index in [1.807, 2.05) is 6.07 Å². The van der Waals surface area contributed by atoms with Crippen LogP contribution in [0.5, 0.6) is 0 Å². The van der Waals surface area contributed by atoms with Gasteiger partial charge in [-0.3, -0.25) is 0 Å². The van der Waals surface area contributed by atoms with Gasteiger partial charge in [0.15, 0.2) is 7.29 Å². The van der Waals surface area contributed by atoms with Crippen molar-refractivity contribution >= 4 is 12.6 Å². The molecular formula is C22H33N2O2P. The molecule has 2 aliphatic heterocycles. The first-order chi connectivity index (χ1) is 13.3. The smallest absolute Gasteiger partial charge is 0.187 e. The van der Waals surface area contributed by atoms with Crippen molar-refractivity contribution in [2.75, 3.05) is 39.4 Å². The zero-order valence-electron chi connectivity index (χ0n) is 16.4. The van der Waals surface area contributed by atoms with E-state index in [1.54, 1.807) is 0 Å². The molecule has 5 heteroatoms. The van der Waals surface area contributed by atoms with Gasteiger partial charge in [-0.1, -0.05) is 49.2 Å². The van der Waals surface area contributed by atoms with Gasteiger partial charge >= 0.3 is 0 Å². The fraction of sp³-hybridized carbons (Fsp3) is 0.636. The molecule has 1 aromatic rings. The fourth-order valence-corrected chi connectivity index (χ4v) is 8.61. The molecule has 2 fully saturated rings. The maximum Gasteiger partial charge on any atom is 0.187 e. The number of ether oxygens (including phenoxy) is 1. The summed E-state index contributed by atoms with van der Waals surface area (Å²) < 4.78 is 22.9. The topological polar surface area (TPSA) is 32.8 Å². The largest absolute Gasteiger partial charge is 0.378 e. The Kier molecular flexibility index (Phi) is 6.37. The van der Waals surface area contributed by atoms with Gasteiger partial charge in [0.05, 0.1) is 18.9 Å². The number of nitrogens with zero attached hydrogens (tertiary/aromatic N) is 2. The zero-order valence-corrected chi connectivity index (χ0v) is 17.3. The van der Waals surface area contributed by atoms with Crippen LogP contribution in [-0.4, -0.2) is 54.6 Å². The first kappa shape index (κ1) is 19.2. The second-order valence-electron chi connectivity index (χ2n) is 8.00. The average molecular weight is 388 g/mol. The highest BCUT2D eigenvalue weighted by molar-refractivity contribution is 7.70. The lowest BCUT2D eigenvalue weighted by Gasteiger charge is -2.43. The lowest BCUT2D eigenvalue weighted by Crippen LogP contribution is -2.43. The summed E-state index contributed by atoms with van der Waals surface area (Å²) in [6, 6.07) is 10.4. The van der Waals surface area contributed by atoms with Gasteiger partial charge in [0.2, 0.25) is 0 Å². The van der Waals surface area contributed by atoms with Crippen LogP contribution in [0.25, 0.3) is 0 Å². The first-order valence-corrected chi connectivity index (χ1v) is 12.5. The Bertz CT molecular complexity index is 677. The lowest BCUT2D eigenvalue weighted by molar-refractivity contribution is 0.0513. The molecule has 0 N–H and O–H groups in total. The number of hydrogen-bond acceptors (Lipinski definition) is 3. The summed E-state index contributed by atoms with van der Waals surface area (Å²) in [6.07, 6.45) is 10.5. The number of hydrogen-bond donors (Lipinski definition) is 0. The van der Waals surface area contributed by atoms with Crippen LogP contribution >= 0.6 is 7.29 Å². The average Bonchev–Trinajstić information content (AvgIpc) is 3.04. The van der Waals surface area contributed by atoms with E-state index < -0.39 is 7.29 Å². The van der Waals surface area contributed by atoms with E-state index in [9.17, 15) is 4.57 Å². The monoisotopic (exact) mass is 388 g/mol.